The molecule has 0 spiro atoms. The van der Waals surface area contributed by atoms with E-state index in [4.69, 9.17) is 0 Å². The van der Waals surface area contributed by atoms with Gasteiger partial charge in [0.2, 0.25) is 0 Å². The Bertz CT molecular complexity index is 703. The lowest BCUT2D eigenvalue weighted by Gasteiger charge is -2.39. The van der Waals surface area contributed by atoms with Gasteiger partial charge in [-0.3, -0.25) is 0 Å². The fourth-order valence-corrected chi connectivity index (χ4v) is 2.25. The maximum Gasteiger partial charge on any atom is 0.385 e. The van der Waals surface area contributed by atoms with Crippen LogP contribution in [0.5, 0.6) is 0 Å². The van der Waals surface area contributed by atoms with E-state index in [0.717, 1.165) is 36.4 Å². The monoisotopic (exact) mass is 404 g/mol. The van der Waals surface area contributed by atoms with Gasteiger partial charge in [0.15, 0.2) is 0 Å². The molecule has 0 aliphatic carbocycles. The summed E-state index contributed by atoms with van der Waals surface area (Å²) >= 11 is 0. The Morgan fingerprint density at radius 2 is 0.630 bits per heavy atom. The van der Waals surface area contributed by atoms with E-state index in [9.17, 15) is 43.9 Å². The zero-order chi connectivity index (χ0) is 20.7. The molecule has 0 N–H and O–H groups in total. The average Bonchev–Trinajstić information content (AvgIpc) is 2.62. The van der Waals surface area contributed by atoms with Gasteiger partial charge in [-0.25, -0.2) is 0 Å². The molecule has 0 atom stereocenters. The molecule has 0 nitrogen and oxygen atoms in total. The summed E-state index contributed by atoms with van der Waals surface area (Å²) in [5.74, 6) is -32.5. The Morgan fingerprint density at radius 3 is 0.889 bits per heavy atom. The number of rotatable bonds is 6. The predicted octanol–water partition coefficient (Wildman–Crippen LogP) is 6.48. The molecule has 2 rings (SSSR count). The normalized spacial score (nSPS) is 14.3. The SMILES string of the molecule is FC(F)(c1ccccc1)C(F)(F)C(F)(F)C(F)(F)C(F)(F)c1ccccc1. The van der Waals surface area contributed by atoms with Crippen molar-refractivity contribution in [2.24, 2.45) is 0 Å². The zero-order valence-electron chi connectivity index (χ0n) is 13.1. The number of halogens is 10. The molecule has 0 bridgehead atoms. The van der Waals surface area contributed by atoms with Crippen molar-refractivity contribution >= 4 is 0 Å². The van der Waals surface area contributed by atoms with E-state index in [0.29, 0.717) is 0 Å². The van der Waals surface area contributed by atoms with Crippen LogP contribution in [-0.4, -0.2) is 17.8 Å². The van der Waals surface area contributed by atoms with E-state index in [2.05, 4.69) is 0 Å². The summed E-state index contributed by atoms with van der Waals surface area (Å²) in [5.41, 5.74) is -3.46. The molecule has 0 aromatic heterocycles. The van der Waals surface area contributed by atoms with Crippen molar-refractivity contribution in [2.75, 3.05) is 0 Å². The molecular weight excluding hydrogens is 394 g/mol. The molecule has 148 valence electrons. The molecule has 0 heterocycles. The number of benzene rings is 2. The van der Waals surface area contributed by atoms with Gasteiger partial charge >= 0.3 is 29.6 Å². The first-order chi connectivity index (χ1) is 12.2. The highest BCUT2D eigenvalue weighted by molar-refractivity contribution is 5.28. The van der Waals surface area contributed by atoms with Crippen LogP contribution in [0.1, 0.15) is 11.1 Å². The third-order valence-corrected chi connectivity index (χ3v) is 3.85. The maximum atomic E-state index is 13.9. The molecule has 2 aromatic rings. The van der Waals surface area contributed by atoms with Gasteiger partial charge in [0, 0.05) is 11.1 Å². The van der Waals surface area contributed by atoms with Crippen molar-refractivity contribution in [3.05, 3.63) is 71.8 Å². The fraction of sp³-hybridized carbons (Fsp3) is 0.294. The molecule has 27 heavy (non-hydrogen) atoms. The molecule has 0 saturated carbocycles. The number of hydrogen-bond acceptors (Lipinski definition) is 0. The van der Waals surface area contributed by atoms with Crippen LogP contribution < -0.4 is 0 Å². The van der Waals surface area contributed by atoms with Crippen molar-refractivity contribution < 1.29 is 43.9 Å². The topological polar surface area (TPSA) is 0 Å². The average molecular weight is 404 g/mol. The minimum absolute atomic E-state index is 0.289. The second kappa shape index (κ2) is 6.42. The van der Waals surface area contributed by atoms with Crippen LogP contribution in [0.4, 0.5) is 43.9 Å². The molecule has 10 heteroatoms. The van der Waals surface area contributed by atoms with Crippen LogP contribution in [0, 0.1) is 0 Å². The van der Waals surface area contributed by atoms with Gasteiger partial charge in [0.1, 0.15) is 0 Å². The van der Waals surface area contributed by atoms with E-state index in [-0.39, 0.29) is 24.3 Å². The smallest absolute Gasteiger partial charge is 0.194 e. The Hall–Kier alpha value is -2.26. The number of hydrogen-bond donors (Lipinski definition) is 0. The molecule has 0 aliphatic heterocycles. The Morgan fingerprint density at radius 1 is 0.370 bits per heavy atom. The summed E-state index contributed by atoms with van der Waals surface area (Å²) in [5, 5.41) is 0. The largest absolute Gasteiger partial charge is 0.385 e. The first-order valence-corrected chi connectivity index (χ1v) is 7.21. The van der Waals surface area contributed by atoms with Gasteiger partial charge in [0.05, 0.1) is 0 Å². The molecule has 0 fully saturated rings. The van der Waals surface area contributed by atoms with E-state index < -0.39 is 40.7 Å². The third kappa shape index (κ3) is 2.94. The van der Waals surface area contributed by atoms with Gasteiger partial charge in [0.25, 0.3) is 0 Å². The molecule has 0 unspecified atom stereocenters. The highest BCUT2D eigenvalue weighted by Gasteiger charge is 2.86. The highest BCUT2D eigenvalue weighted by Crippen LogP contribution is 2.61. The second-order valence-electron chi connectivity index (χ2n) is 5.60. The van der Waals surface area contributed by atoms with Gasteiger partial charge in [-0.2, -0.15) is 43.9 Å². The van der Waals surface area contributed by atoms with Crippen LogP contribution in [0.25, 0.3) is 0 Å². The third-order valence-electron chi connectivity index (χ3n) is 3.85. The van der Waals surface area contributed by atoms with E-state index in [1.165, 1.54) is 0 Å². The lowest BCUT2D eigenvalue weighted by molar-refractivity contribution is -0.407. The molecule has 0 radical (unpaired) electrons. The van der Waals surface area contributed by atoms with E-state index >= 15 is 0 Å². The minimum atomic E-state index is -7.10. The van der Waals surface area contributed by atoms with Gasteiger partial charge in [-0.15, -0.1) is 0 Å². The van der Waals surface area contributed by atoms with Gasteiger partial charge < -0.3 is 0 Å². The lowest BCUT2D eigenvalue weighted by Crippen LogP contribution is -2.65. The first kappa shape index (κ1) is 21.0. The van der Waals surface area contributed by atoms with Crippen LogP contribution in [0.2, 0.25) is 0 Å². The lowest BCUT2D eigenvalue weighted by atomic mass is 9.88. The minimum Gasteiger partial charge on any atom is -0.194 e. The summed E-state index contributed by atoms with van der Waals surface area (Å²) in [6.45, 7) is 0. The summed E-state index contributed by atoms with van der Waals surface area (Å²) in [7, 11) is 0. The zero-order valence-corrected chi connectivity index (χ0v) is 13.1. The highest BCUT2D eigenvalue weighted by atomic mass is 19.4. The Labute approximate surface area is 146 Å². The van der Waals surface area contributed by atoms with Crippen molar-refractivity contribution in [1.82, 2.24) is 0 Å². The van der Waals surface area contributed by atoms with Gasteiger partial charge in [-0.05, 0) is 0 Å². The van der Waals surface area contributed by atoms with Crippen molar-refractivity contribution in [1.29, 1.82) is 0 Å². The summed E-state index contributed by atoms with van der Waals surface area (Å²) in [6, 6.07) is 6.40. The van der Waals surface area contributed by atoms with E-state index in [1.54, 1.807) is 0 Å². The van der Waals surface area contributed by atoms with Crippen LogP contribution in [-0.2, 0) is 11.8 Å². The van der Waals surface area contributed by atoms with Crippen molar-refractivity contribution in [3.63, 3.8) is 0 Å². The van der Waals surface area contributed by atoms with E-state index in [1.807, 2.05) is 0 Å². The Kier molecular flexibility index (Phi) is 5.00. The maximum absolute atomic E-state index is 13.9. The van der Waals surface area contributed by atoms with Crippen molar-refractivity contribution in [2.45, 2.75) is 29.6 Å². The number of alkyl halides is 10. The quantitative estimate of drug-likeness (QED) is 0.484. The summed E-state index contributed by atoms with van der Waals surface area (Å²) in [4.78, 5) is 0. The second-order valence-corrected chi connectivity index (χ2v) is 5.60. The molecular formula is C17H10F10. The molecule has 0 saturated heterocycles. The first-order valence-electron chi connectivity index (χ1n) is 7.21. The Balaban J connectivity index is 2.57. The van der Waals surface area contributed by atoms with Crippen LogP contribution in [0.15, 0.2) is 60.7 Å². The molecule has 2 aromatic carbocycles. The van der Waals surface area contributed by atoms with Crippen molar-refractivity contribution in [3.8, 4) is 0 Å². The standard InChI is InChI=1S/C17H10F10/c18-13(19,11-7-3-1-4-8-11)15(22,23)17(26,27)16(24,25)14(20,21)12-9-5-2-6-10-12/h1-10H. The van der Waals surface area contributed by atoms with Gasteiger partial charge in [-0.1, -0.05) is 60.7 Å². The fourth-order valence-electron chi connectivity index (χ4n) is 2.25. The van der Waals surface area contributed by atoms with Crippen LogP contribution >= 0.6 is 0 Å². The van der Waals surface area contributed by atoms with Crippen LogP contribution in [0.3, 0.4) is 0 Å². The molecule has 0 amide bonds. The molecule has 0 aliphatic rings. The summed E-state index contributed by atoms with van der Waals surface area (Å²) in [6.07, 6.45) is 0. The predicted molar refractivity (Wildman–Crippen MR) is 75.5 cm³/mol. The summed E-state index contributed by atoms with van der Waals surface area (Å²) < 4.78 is 139.